The first kappa shape index (κ1) is 27.2. The molecule has 3 fully saturated rings. The number of nitrogens with two attached hydrogens (primary N) is 2. The molecule has 13 nitrogen and oxygen atoms in total. The van der Waals surface area contributed by atoms with Crippen LogP contribution in [0.3, 0.4) is 0 Å². The van der Waals surface area contributed by atoms with E-state index in [1.54, 1.807) is 11.8 Å². The standard InChI is InChI=1S/C23H35N7O6S/c1-10-17-16(11(2)31)21(34)30(17)18(22(35)36)19(10)37-13-6-14(28(3)9-13)20(33)29-5-4-12(8-29)27-15(32)7-26-23(24)25/h10-14,16-17,31H,4-9H2,1-3H3,(H,27,32)(H,35,36)(H4,24,25,26)/t10-,11-,12+,13+,14?,16-,17-/m1/s1. The van der Waals surface area contributed by atoms with Crippen LogP contribution in [-0.4, -0.2) is 117 Å². The monoisotopic (exact) mass is 537 g/mol. The third kappa shape index (κ3) is 5.14. The number of fused-ring (bicyclic) bond motifs is 1. The smallest absolute Gasteiger partial charge is 0.353 e. The van der Waals surface area contributed by atoms with Gasteiger partial charge in [0.25, 0.3) is 0 Å². The molecule has 4 rings (SSSR count). The first-order chi connectivity index (χ1) is 17.4. The molecule has 3 saturated heterocycles. The number of nitrogens with zero attached hydrogens (tertiary/aromatic N) is 4. The van der Waals surface area contributed by atoms with Crippen LogP contribution in [0.5, 0.6) is 0 Å². The van der Waals surface area contributed by atoms with Crippen molar-refractivity contribution < 1.29 is 29.4 Å². The number of carbonyl (C=O) groups is 4. The SMILES string of the molecule is C[C@@H](O)[C@H]1C(=O)N2C(C(=O)O)=C(S[C@H]3CC(C(=O)N4CC[C@H](NC(=O)CN=C(N)N)C4)N(C)C3)[C@H](C)[C@H]12. The van der Waals surface area contributed by atoms with Gasteiger partial charge in [0.05, 0.1) is 24.1 Å². The molecule has 4 heterocycles. The normalized spacial score (nSPS) is 32.3. The van der Waals surface area contributed by atoms with E-state index in [4.69, 9.17) is 11.5 Å². The lowest BCUT2D eigenvalue weighted by Crippen LogP contribution is -2.63. The van der Waals surface area contributed by atoms with Crippen LogP contribution in [0.1, 0.15) is 26.7 Å². The fourth-order valence-electron chi connectivity index (χ4n) is 5.91. The lowest BCUT2D eigenvalue weighted by Gasteiger charge is -2.46. The van der Waals surface area contributed by atoms with Crippen LogP contribution in [0.4, 0.5) is 0 Å². The van der Waals surface area contributed by atoms with Gasteiger partial charge in [-0.1, -0.05) is 6.92 Å². The Morgan fingerprint density at radius 1 is 1.27 bits per heavy atom. The molecule has 7 atom stereocenters. The van der Waals surface area contributed by atoms with E-state index in [1.807, 2.05) is 18.9 Å². The number of carboxylic acid groups (broad SMARTS) is 1. The van der Waals surface area contributed by atoms with Crippen molar-refractivity contribution in [3.63, 3.8) is 0 Å². The number of β-lactam (4-membered cyclic amide) rings is 1. The van der Waals surface area contributed by atoms with Crippen molar-refractivity contribution >= 4 is 41.4 Å². The van der Waals surface area contributed by atoms with Crippen molar-refractivity contribution in [1.82, 2.24) is 20.0 Å². The highest BCUT2D eigenvalue weighted by molar-refractivity contribution is 8.03. The van der Waals surface area contributed by atoms with Crippen LogP contribution < -0.4 is 16.8 Å². The quantitative estimate of drug-likeness (QED) is 0.130. The number of hydrogen-bond donors (Lipinski definition) is 5. The molecule has 0 saturated carbocycles. The summed E-state index contributed by atoms with van der Waals surface area (Å²) in [7, 11) is 1.87. The zero-order valence-corrected chi connectivity index (χ0v) is 22.0. The van der Waals surface area contributed by atoms with E-state index >= 15 is 0 Å². The minimum Gasteiger partial charge on any atom is -0.477 e. The van der Waals surface area contributed by atoms with Gasteiger partial charge >= 0.3 is 5.97 Å². The van der Waals surface area contributed by atoms with E-state index in [0.29, 0.717) is 37.4 Å². The van der Waals surface area contributed by atoms with Gasteiger partial charge in [-0.3, -0.25) is 19.3 Å². The van der Waals surface area contributed by atoms with E-state index in [9.17, 15) is 29.4 Å². The van der Waals surface area contributed by atoms with Gasteiger partial charge in [-0.2, -0.15) is 0 Å². The van der Waals surface area contributed by atoms with E-state index in [1.165, 1.54) is 16.7 Å². The number of carbonyl (C=O) groups excluding carboxylic acids is 3. The Bertz CT molecular complexity index is 1040. The molecule has 14 heteroatoms. The molecule has 37 heavy (non-hydrogen) atoms. The topological polar surface area (TPSA) is 195 Å². The molecule has 0 radical (unpaired) electrons. The molecule has 1 unspecified atom stereocenters. The fourth-order valence-corrected chi connectivity index (χ4v) is 7.51. The van der Waals surface area contributed by atoms with Crippen LogP contribution in [0.25, 0.3) is 0 Å². The molecule has 0 spiro atoms. The minimum atomic E-state index is -1.15. The van der Waals surface area contributed by atoms with Crippen molar-refractivity contribution in [3.05, 3.63) is 10.6 Å². The maximum atomic E-state index is 13.3. The second kappa shape index (κ2) is 10.5. The van der Waals surface area contributed by atoms with E-state index in [-0.39, 0.29) is 65.2 Å². The largest absolute Gasteiger partial charge is 0.477 e. The zero-order valence-electron chi connectivity index (χ0n) is 21.2. The molecule has 204 valence electrons. The Balaban J connectivity index is 1.37. The highest BCUT2D eigenvalue weighted by Gasteiger charge is 2.60. The predicted octanol–water partition coefficient (Wildman–Crippen LogP) is -2.06. The molecule has 4 aliphatic heterocycles. The second-order valence-corrected chi connectivity index (χ2v) is 11.6. The number of rotatable bonds is 8. The number of aliphatic carboxylic acids is 1. The third-order valence-electron chi connectivity index (χ3n) is 7.67. The summed E-state index contributed by atoms with van der Waals surface area (Å²) in [4.78, 5) is 59.4. The molecule has 3 amide bonds. The van der Waals surface area contributed by atoms with Gasteiger partial charge in [-0.15, -0.1) is 11.8 Å². The summed E-state index contributed by atoms with van der Waals surface area (Å²) in [5.74, 6) is -2.82. The van der Waals surface area contributed by atoms with Crippen molar-refractivity contribution in [2.45, 2.75) is 56.2 Å². The first-order valence-corrected chi connectivity index (χ1v) is 13.3. The number of carboxylic acids is 1. The molecule has 4 aliphatic rings. The summed E-state index contributed by atoms with van der Waals surface area (Å²) >= 11 is 1.43. The van der Waals surface area contributed by atoms with Gasteiger partial charge in [0.15, 0.2) is 5.96 Å². The number of aliphatic hydroxyl groups is 1. The lowest BCUT2D eigenvalue weighted by molar-refractivity contribution is -0.163. The van der Waals surface area contributed by atoms with Crippen molar-refractivity contribution in [2.24, 2.45) is 28.3 Å². The Morgan fingerprint density at radius 3 is 2.59 bits per heavy atom. The number of amides is 3. The molecular formula is C23H35N7O6S. The Kier molecular flexibility index (Phi) is 7.72. The number of aliphatic imine (C=N–C) groups is 1. The van der Waals surface area contributed by atoms with Crippen LogP contribution in [0, 0.1) is 11.8 Å². The number of likely N-dealkylation sites (tertiary alicyclic amines) is 2. The maximum Gasteiger partial charge on any atom is 0.353 e. The van der Waals surface area contributed by atoms with Crippen molar-refractivity contribution in [3.8, 4) is 0 Å². The third-order valence-corrected chi connectivity index (χ3v) is 9.16. The van der Waals surface area contributed by atoms with Gasteiger partial charge in [0.1, 0.15) is 12.2 Å². The minimum absolute atomic E-state index is 0.000632. The Morgan fingerprint density at radius 2 is 1.97 bits per heavy atom. The van der Waals surface area contributed by atoms with Crippen molar-refractivity contribution in [1.29, 1.82) is 0 Å². The van der Waals surface area contributed by atoms with Crippen LogP contribution in [-0.2, 0) is 19.2 Å². The Labute approximate surface area is 219 Å². The molecular weight excluding hydrogens is 502 g/mol. The van der Waals surface area contributed by atoms with Gasteiger partial charge in [0.2, 0.25) is 17.7 Å². The molecule has 0 aliphatic carbocycles. The summed E-state index contributed by atoms with van der Waals surface area (Å²) in [6.45, 7) is 4.81. The second-order valence-electron chi connectivity index (χ2n) is 10.3. The average Bonchev–Trinajstić information content (AvgIpc) is 3.48. The number of aliphatic hydroxyl groups excluding tert-OH is 1. The number of thioether (sulfide) groups is 1. The summed E-state index contributed by atoms with van der Waals surface area (Å²) in [5, 5.41) is 22.7. The lowest BCUT2D eigenvalue weighted by atomic mass is 9.79. The van der Waals surface area contributed by atoms with E-state index < -0.39 is 18.0 Å². The number of guanidine groups is 1. The molecule has 0 aromatic rings. The molecule has 0 aromatic carbocycles. The number of nitrogens with one attached hydrogen (secondary N) is 1. The van der Waals surface area contributed by atoms with Crippen LogP contribution in [0.15, 0.2) is 15.6 Å². The van der Waals surface area contributed by atoms with Crippen molar-refractivity contribution in [2.75, 3.05) is 33.2 Å². The summed E-state index contributed by atoms with van der Waals surface area (Å²) in [6.07, 6.45) is 0.325. The summed E-state index contributed by atoms with van der Waals surface area (Å²) in [6, 6.07) is -0.890. The summed E-state index contributed by atoms with van der Waals surface area (Å²) in [5.41, 5.74) is 10.5. The molecule has 0 bridgehead atoms. The highest BCUT2D eigenvalue weighted by Crippen LogP contribution is 2.52. The predicted molar refractivity (Wildman–Crippen MR) is 136 cm³/mol. The number of likely N-dealkylation sites (N-methyl/N-ethyl adjacent to an activating group) is 1. The van der Waals surface area contributed by atoms with E-state index in [0.717, 1.165) is 0 Å². The fraction of sp³-hybridized carbons (Fsp3) is 0.696. The first-order valence-electron chi connectivity index (χ1n) is 12.4. The maximum absolute atomic E-state index is 13.3. The van der Waals surface area contributed by atoms with Gasteiger partial charge in [-0.25, -0.2) is 9.79 Å². The van der Waals surface area contributed by atoms with E-state index in [2.05, 4.69) is 10.3 Å². The molecule has 0 aromatic heterocycles. The van der Waals surface area contributed by atoms with Crippen LogP contribution >= 0.6 is 11.8 Å². The van der Waals surface area contributed by atoms with Gasteiger partial charge < -0.3 is 36.8 Å². The van der Waals surface area contributed by atoms with Gasteiger partial charge in [0, 0.05) is 41.7 Å². The summed E-state index contributed by atoms with van der Waals surface area (Å²) < 4.78 is 0. The average molecular weight is 538 g/mol. The Hall–Kier alpha value is -2.84. The zero-order chi connectivity index (χ0) is 27.2. The van der Waals surface area contributed by atoms with Crippen LogP contribution in [0.2, 0.25) is 0 Å². The van der Waals surface area contributed by atoms with Gasteiger partial charge in [-0.05, 0) is 26.8 Å². The molecule has 7 N–H and O–H groups in total. The number of hydrogen-bond acceptors (Lipinski definition) is 8. The highest BCUT2D eigenvalue weighted by atomic mass is 32.2.